The van der Waals surface area contributed by atoms with Gasteiger partial charge in [-0.15, -0.1) is 0 Å². The molecule has 0 amide bonds. The third-order valence-corrected chi connectivity index (χ3v) is 4.42. The van der Waals surface area contributed by atoms with Crippen molar-refractivity contribution < 1.29 is 24.1 Å². The molecule has 2 fully saturated rings. The van der Waals surface area contributed by atoms with Crippen LogP contribution in [-0.4, -0.2) is 36.5 Å². The topological polar surface area (TPSA) is 65.0 Å². The van der Waals surface area contributed by atoms with Gasteiger partial charge in [-0.1, -0.05) is 0 Å². The van der Waals surface area contributed by atoms with Gasteiger partial charge in [-0.2, -0.15) is 0 Å². The molecule has 1 saturated carbocycles. The Hall–Kier alpha value is -1.75. The van der Waals surface area contributed by atoms with Crippen LogP contribution in [0.4, 0.5) is 0 Å². The van der Waals surface area contributed by atoms with Crippen molar-refractivity contribution in [1.82, 2.24) is 0 Å². The van der Waals surface area contributed by atoms with Gasteiger partial charge in [0.15, 0.2) is 11.5 Å². The van der Waals surface area contributed by atoms with E-state index in [4.69, 9.17) is 19.3 Å². The molecule has 5 nitrogen and oxygen atoms in total. The Kier molecular flexibility index (Phi) is 3.76. The van der Waals surface area contributed by atoms with E-state index in [-0.39, 0.29) is 17.3 Å². The van der Waals surface area contributed by atoms with Crippen LogP contribution in [-0.2, 0) is 4.74 Å². The number of ether oxygens (including phenoxy) is 3. The summed E-state index contributed by atoms with van der Waals surface area (Å²) in [4.78, 5) is 11.0. The van der Waals surface area contributed by atoms with Gasteiger partial charge < -0.3 is 19.3 Å². The standard InChI is InChI=1S/C16H20O5/c1-19-14-9-11(15(17)18)3-4-13(14)21-12-5-8-20-16(10-12)6-2-7-16/h3-4,9,12H,2,5-8,10H2,1H3,(H,17,18). The number of hydrogen-bond donors (Lipinski definition) is 1. The summed E-state index contributed by atoms with van der Waals surface area (Å²) in [5, 5.41) is 9.01. The second kappa shape index (κ2) is 5.56. The second-order valence-corrected chi connectivity index (χ2v) is 5.79. The maximum absolute atomic E-state index is 11.0. The molecular formula is C16H20O5. The van der Waals surface area contributed by atoms with Gasteiger partial charge in [0.2, 0.25) is 0 Å². The number of aromatic carboxylic acids is 1. The van der Waals surface area contributed by atoms with E-state index < -0.39 is 5.97 Å². The molecular weight excluding hydrogens is 272 g/mol. The largest absolute Gasteiger partial charge is 0.493 e. The fourth-order valence-electron chi connectivity index (χ4n) is 3.08. The van der Waals surface area contributed by atoms with Crippen LogP contribution in [0.1, 0.15) is 42.5 Å². The van der Waals surface area contributed by atoms with E-state index in [1.807, 2.05) is 0 Å². The molecule has 0 aromatic heterocycles. The summed E-state index contributed by atoms with van der Waals surface area (Å²) < 4.78 is 17.2. The number of hydrogen-bond acceptors (Lipinski definition) is 4. The normalized spacial score (nSPS) is 23.4. The van der Waals surface area contributed by atoms with Crippen LogP contribution in [0.2, 0.25) is 0 Å². The first-order chi connectivity index (χ1) is 10.1. The highest BCUT2D eigenvalue weighted by molar-refractivity contribution is 5.88. The molecule has 1 spiro atoms. The van der Waals surface area contributed by atoms with E-state index in [1.54, 1.807) is 12.1 Å². The summed E-state index contributed by atoms with van der Waals surface area (Å²) in [5.41, 5.74) is 0.221. The summed E-state index contributed by atoms with van der Waals surface area (Å²) in [6.45, 7) is 0.722. The molecule has 1 aromatic carbocycles. The van der Waals surface area contributed by atoms with Crippen LogP contribution in [0, 0.1) is 0 Å². The van der Waals surface area contributed by atoms with Gasteiger partial charge >= 0.3 is 5.97 Å². The van der Waals surface area contributed by atoms with Gasteiger partial charge in [0, 0.05) is 12.8 Å². The van der Waals surface area contributed by atoms with Gasteiger partial charge in [-0.25, -0.2) is 4.79 Å². The molecule has 1 aliphatic carbocycles. The first-order valence-corrected chi connectivity index (χ1v) is 7.34. The fourth-order valence-corrected chi connectivity index (χ4v) is 3.08. The van der Waals surface area contributed by atoms with E-state index in [1.165, 1.54) is 19.6 Å². The Bertz CT molecular complexity index is 535. The summed E-state index contributed by atoms with van der Waals surface area (Å²) in [6.07, 6.45) is 5.30. The van der Waals surface area contributed by atoms with Crippen molar-refractivity contribution in [2.24, 2.45) is 0 Å². The van der Waals surface area contributed by atoms with Crippen LogP contribution in [0.3, 0.4) is 0 Å². The van der Waals surface area contributed by atoms with Crippen molar-refractivity contribution in [3.05, 3.63) is 23.8 Å². The van der Waals surface area contributed by atoms with Gasteiger partial charge in [-0.3, -0.25) is 0 Å². The Morgan fingerprint density at radius 2 is 2.19 bits per heavy atom. The van der Waals surface area contributed by atoms with Crippen LogP contribution < -0.4 is 9.47 Å². The zero-order valence-corrected chi connectivity index (χ0v) is 12.1. The molecule has 21 heavy (non-hydrogen) atoms. The zero-order valence-electron chi connectivity index (χ0n) is 12.1. The highest BCUT2D eigenvalue weighted by Gasteiger charge is 2.43. The molecule has 5 heteroatoms. The molecule has 1 N–H and O–H groups in total. The summed E-state index contributed by atoms with van der Waals surface area (Å²) >= 11 is 0. The fraction of sp³-hybridized carbons (Fsp3) is 0.562. The van der Waals surface area contributed by atoms with Gasteiger partial charge in [0.05, 0.1) is 24.9 Å². The number of carbonyl (C=O) groups is 1. The van der Waals surface area contributed by atoms with Crippen molar-refractivity contribution >= 4 is 5.97 Å². The molecule has 1 unspecified atom stereocenters. The van der Waals surface area contributed by atoms with Crippen molar-refractivity contribution in [3.63, 3.8) is 0 Å². The van der Waals surface area contributed by atoms with Gasteiger partial charge in [-0.05, 0) is 37.5 Å². The van der Waals surface area contributed by atoms with Crippen LogP contribution in [0.25, 0.3) is 0 Å². The lowest BCUT2D eigenvalue weighted by Gasteiger charge is -2.46. The van der Waals surface area contributed by atoms with Crippen LogP contribution in [0.15, 0.2) is 18.2 Å². The summed E-state index contributed by atoms with van der Waals surface area (Å²) in [5.74, 6) is 0.0901. The Morgan fingerprint density at radius 1 is 1.38 bits per heavy atom. The maximum atomic E-state index is 11.0. The predicted molar refractivity (Wildman–Crippen MR) is 76.1 cm³/mol. The SMILES string of the molecule is COc1cc(C(=O)O)ccc1OC1CCOC2(CCC2)C1. The smallest absolute Gasteiger partial charge is 0.335 e. The Morgan fingerprint density at radius 3 is 2.81 bits per heavy atom. The van der Waals surface area contributed by atoms with Crippen LogP contribution in [0.5, 0.6) is 11.5 Å². The number of carboxylic acids is 1. The van der Waals surface area contributed by atoms with Crippen molar-refractivity contribution in [2.75, 3.05) is 13.7 Å². The molecule has 2 aliphatic rings. The molecule has 0 radical (unpaired) electrons. The average Bonchev–Trinajstić information content (AvgIpc) is 2.46. The lowest BCUT2D eigenvalue weighted by atomic mass is 9.74. The molecule has 3 rings (SSSR count). The average molecular weight is 292 g/mol. The van der Waals surface area contributed by atoms with Gasteiger partial charge in [0.25, 0.3) is 0 Å². The second-order valence-electron chi connectivity index (χ2n) is 5.79. The Balaban J connectivity index is 1.73. The summed E-state index contributed by atoms with van der Waals surface area (Å²) in [6, 6.07) is 4.71. The molecule has 1 aromatic rings. The molecule has 0 bridgehead atoms. The predicted octanol–water partition coefficient (Wildman–Crippen LogP) is 2.87. The Labute approximate surface area is 123 Å². The number of benzene rings is 1. The van der Waals surface area contributed by atoms with Crippen molar-refractivity contribution in [1.29, 1.82) is 0 Å². The minimum Gasteiger partial charge on any atom is -0.493 e. The minimum absolute atomic E-state index is 0.0250. The summed E-state index contributed by atoms with van der Waals surface area (Å²) in [7, 11) is 1.52. The van der Waals surface area contributed by atoms with Crippen LogP contribution >= 0.6 is 0 Å². The monoisotopic (exact) mass is 292 g/mol. The number of methoxy groups -OCH3 is 1. The first-order valence-electron chi connectivity index (χ1n) is 7.34. The van der Waals surface area contributed by atoms with E-state index in [0.717, 1.165) is 32.3 Å². The highest BCUT2D eigenvalue weighted by atomic mass is 16.5. The van der Waals surface area contributed by atoms with E-state index in [9.17, 15) is 4.79 Å². The molecule has 1 atom stereocenters. The highest BCUT2D eigenvalue weighted by Crippen LogP contribution is 2.43. The third kappa shape index (κ3) is 2.83. The lowest BCUT2D eigenvalue weighted by Crippen LogP contribution is -2.48. The zero-order chi connectivity index (χ0) is 14.9. The van der Waals surface area contributed by atoms with E-state index >= 15 is 0 Å². The third-order valence-electron chi connectivity index (χ3n) is 4.42. The van der Waals surface area contributed by atoms with Crippen molar-refractivity contribution in [3.8, 4) is 11.5 Å². The number of carboxylic acid groups (broad SMARTS) is 1. The van der Waals surface area contributed by atoms with E-state index in [0.29, 0.717) is 11.5 Å². The molecule has 1 aliphatic heterocycles. The first kappa shape index (κ1) is 14.2. The lowest BCUT2D eigenvalue weighted by molar-refractivity contribution is -0.153. The van der Waals surface area contributed by atoms with Crippen molar-refractivity contribution in [2.45, 2.75) is 43.8 Å². The maximum Gasteiger partial charge on any atom is 0.335 e. The number of rotatable bonds is 4. The van der Waals surface area contributed by atoms with E-state index in [2.05, 4.69) is 0 Å². The van der Waals surface area contributed by atoms with Gasteiger partial charge in [0.1, 0.15) is 6.10 Å². The quantitative estimate of drug-likeness (QED) is 0.924. The molecule has 114 valence electrons. The molecule has 1 heterocycles. The minimum atomic E-state index is -0.973. The molecule has 1 saturated heterocycles.